The third kappa shape index (κ3) is 3.13. The van der Waals surface area contributed by atoms with E-state index < -0.39 is 15.4 Å². The second-order valence-corrected chi connectivity index (χ2v) is 6.45. The fourth-order valence-electron chi connectivity index (χ4n) is 1.59. The monoisotopic (exact) mass is 239 g/mol. The maximum Gasteiger partial charge on any atom is 0.221 e. The Morgan fingerprint density at radius 3 is 2.64 bits per heavy atom. The topological polar surface area (TPSA) is 63.2 Å². The Hall–Kier alpha value is -0.290. The maximum absolute atomic E-state index is 11.2. The lowest BCUT2D eigenvalue weighted by Gasteiger charge is -2.23. The van der Waals surface area contributed by atoms with Crippen molar-refractivity contribution >= 4 is 27.3 Å². The molecule has 0 aromatic heterocycles. The number of nitrogens with one attached hydrogen (secondary N) is 1. The summed E-state index contributed by atoms with van der Waals surface area (Å²) in [6.45, 7) is 1.75. The third-order valence-corrected chi connectivity index (χ3v) is 4.36. The smallest absolute Gasteiger partial charge is 0.221 e. The van der Waals surface area contributed by atoms with Crippen molar-refractivity contribution in [3.05, 3.63) is 0 Å². The summed E-state index contributed by atoms with van der Waals surface area (Å²) in [5.74, 6) is 0.271. The average Bonchev–Trinajstić information content (AvgIpc) is 2.25. The molecule has 0 aliphatic carbocycles. The summed E-state index contributed by atoms with van der Waals surface area (Å²) in [6.07, 6.45) is 0.723. The molecule has 0 aromatic rings. The molecule has 1 rings (SSSR count). The number of halogens is 1. The number of sulfone groups is 1. The standard InChI is InChI=1S/C8H14ClNO3S/c1-8(10-7(11)2-4-9)3-5-14(12,13)6-8/h2-6H2,1H3,(H,10,11). The largest absolute Gasteiger partial charge is 0.350 e. The highest BCUT2D eigenvalue weighted by Gasteiger charge is 2.39. The molecule has 1 saturated heterocycles. The van der Waals surface area contributed by atoms with Crippen LogP contribution in [0.25, 0.3) is 0 Å². The zero-order valence-electron chi connectivity index (χ0n) is 8.05. The molecular formula is C8H14ClNO3S. The van der Waals surface area contributed by atoms with Gasteiger partial charge in [-0.3, -0.25) is 4.79 Å². The summed E-state index contributed by atoms with van der Waals surface area (Å²) in [6, 6.07) is 0. The average molecular weight is 240 g/mol. The van der Waals surface area contributed by atoms with Crippen molar-refractivity contribution in [1.82, 2.24) is 5.32 Å². The molecule has 0 radical (unpaired) electrons. The zero-order valence-corrected chi connectivity index (χ0v) is 9.62. The lowest BCUT2D eigenvalue weighted by molar-refractivity contribution is -0.122. The van der Waals surface area contributed by atoms with Gasteiger partial charge in [-0.15, -0.1) is 11.6 Å². The molecule has 82 valence electrons. The van der Waals surface area contributed by atoms with Crippen LogP contribution in [0.1, 0.15) is 19.8 Å². The third-order valence-electron chi connectivity index (χ3n) is 2.27. The van der Waals surface area contributed by atoms with Crippen LogP contribution in [0.3, 0.4) is 0 Å². The summed E-state index contributed by atoms with van der Waals surface area (Å²) in [4.78, 5) is 11.2. The second kappa shape index (κ2) is 4.06. The Bertz CT molecular complexity index is 327. The van der Waals surface area contributed by atoms with Gasteiger partial charge in [0.05, 0.1) is 17.0 Å². The lowest BCUT2D eigenvalue weighted by Crippen LogP contribution is -2.46. The van der Waals surface area contributed by atoms with Gasteiger partial charge in [-0.1, -0.05) is 0 Å². The predicted octanol–water partition coefficient (Wildman–Crippen LogP) is 0.309. The molecule has 0 aromatic carbocycles. The molecule has 1 fully saturated rings. The molecule has 0 bridgehead atoms. The van der Waals surface area contributed by atoms with Crippen molar-refractivity contribution in [3.8, 4) is 0 Å². The van der Waals surface area contributed by atoms with Crippen molar-refractivity contribution < 1.29 is 13.2 Å². The number of amides is 1. The van der Waals surface area contributed by atoms with Gasteiger partial charge in [-0.25, -0.2) is 8.42 Å². The molecular weight excluding hydrogens is 226 g/mol. The van der Waals surface area contributed by atoms with Crippen LogP contribution in [0.4, 0.5) is 0 Å². The van der Waals surface area contributed by atoms with Crippen molar-refractivity contribution in [3.63, 3.8) is 0 Å². The number of rotatable bonds is 3. The first-order valence-corrected chi connectivity index (χ1v) is 6.80. The van der Waals surface area contributed by atoms with E-state index in [1.165, 1.54) is 0 Å². The van der Waals surface area contributed by atoms with Crippen LogP contribution < -0.4 is 5.32 Å². The fourth-order valence-corrected chi connectivity index (χ4v) is 3.86. The molecule has 1 amide bonds. The minimum absolute atomic E-state index is 0.0357. The van der Waals surface area contributed by atoms with Crippen LogP contribution in [0.2, 0.25) is 0 Å². The van der Waals surface area contributed by atoms with Crippen LogP contribution in [0.15, 0.2) is 0 Å². The van der Waals surface area contributed by atoms with E-state index in [2.05, 4.69) is 5.32 Å². The summed E-state index contributed by atoms with van der Waals surface area (Å²) in [5.41, 5.74) is -0.595. The molecule has 0 saturated carbocycles. The van der Waals surface area contributed by atoms with Crippen LogP contribution in [0, 0.1) is 0 Å². The second-order valence-electron chi connectivity index (χ2n) is 3.89. The number of carbonyl (C=O) groups excluding carboxylic acids is 1. The minimum atomic E-state index is -2.96. The van der Waals surface area contributed by atoms with E-state index in [4.69, 9.17) is 11.6 Å². The number of hydrogen-bond acceptors (Lipinski definition) is 3. The number of carbonyl (C=O) groups is 1. The van der Waals surface area contributed by atoms with Crippen LogP contribution in [-0.4, -0.2) is 37.2 Å². The van der Waals surface area contributed by atoms with Gasteiger partial charge >= 0.3 is 0 Å². The Kier molecular flexibility index (Phi) is 3.42. The first-order chi connectivity index (χ1) is 6.37. The predicted molar refractivity (Wildman–Crippen MR) is 55.2 cm³/mol. The van der Waals surface area contributed by atoms with Crippen molar-refractivity contribution in [2.75, 3.05) is 17.4 Å². The molecule has 1 N–H and O–H groups in total. The molecule has 14 heavy (non-hydrogen) atoms. The fraction of sp³-hybridized carbons (Fsp3) is 0.875. The molecule has 1 atom stereocenters. The van der Waals surface area contributed by atoms with Crippen LogP contribution >= 0.6 is 11.6 Å². The first kappa shape index (κ1) is 11.8. The maximum atomic E-state index is 11.2. The quantitative estimate of drug-likeness (QED) is 0.721. The summed E-state index contributed by atoms with van der Waals surface area (Å²) in [5, 5.41) is 2.71. The highest BCUT2D eigenvalue weighted by molar-refractivity contribution is 7.91. The van der Waals surface area contributed by atoms with Gasteiger partial charge in [0.2, 0.25) is 5.91 Å². The summed E-state index contributed by atoms with van der Waals surface area (Å²) < 4.78 is 22.4. The van der Waals surface area contributed by atoms with Crippen molar-refractivity contribution in [2.45, 2.75) is 25.3 Å². The van der Waals surface area contributed by atoms with E-state index in [1.807, 2.05) is 0 Å². The molecule has 1 unspecified atom stereocenters. The van der Waals surface area contributed by atoms with Gasteiger partial charge in [0.15, 0.2) is 9.84 Å². The molecule has 0 spiro atoms. The molecule has 1 aliphatic rings. The van der Waals surface area contributed by atoms with Gasteiger partial charge in [0.25, 0.3) is 0 Å². The van der Waals surface area contributed by atoms with E-state index in [0.717, 1.165) is 0 Å². The zero-order chi connectivity index (χ0) is 10.8. The normalized spacial score (nSPS) is 30.1. The number of alkyl halides is 1. The van der Waals surface area contributed by atoms with Crippen LogP contribution in [0.5, 0.6) is 0 Å². The summed E-state index contributed by atoms with van der Waals surface area (Å²) in [7, 11) is -2.96. The van der Waals surface area contributed by atoms with Crippen LogP contribution in [-0.2, 0) is 14.6 Å². The first-order valence-electron chi connectivity index (χ1n) is 4.44. The van der Waals surface area contributed by atoms with Crippen molar-refractivity contribution in [1.29, 1.82) is 0 Å². The van der Waals surface area contributed by atoms with E-state index in [9.17, 15) is 13.2 Å². The van der Waals surface area contributed by atoms with Gasteiger partial charge < -0.3 is 5.32 Å². The molecule has 6 heteroatoms. The highest BCUT2D eigenvalue weighted by Crippen LogP contribution is 2.22. The molecule has 4 nitrogen and oxygen atoms in total. The minimum Gasteiger partial charge on any atom is -0.350 e. The lowest BCUT2D eigenvalue weighted by atomic mass is 10.0. The molecule has 1 aliphatic heterocycles. The van der Waals surface area contributed by atoms with E-state index in [0.29, 0.717) is 6.42 Å². The Balaban J connectivity index is 2.57. The van der Waals surface area contributed by atoms with Crippen molar-refractivity contribution in [2.24, 2.45) is 0 Å². The SMILES string of the molecule is CC1(NC(=O)CCCl)CCS(=O)(=O)C1. The summed E-state index contributed by atoms with van der Waals surface area (Å²) >= 11 is 5.40. The Labute approximate surface area is 88.9 Å². The molecule has 1 heterocycles. The van der Waals surface area contributed by atoms with Gasteiger partial charge in [-0.2, -0.15) is 0 Å². The van der Waals surface area contributed by atoms with E-state index in [-0.39, 0.29) is 29.7 Å². The van der Waals surface area contributed by atoms with Gasteiger partial charge in [0.1, 0.15) is 0 Å². The Morgan fingerprint density at radius 1 is 1.57 bits per heavy atom. The van der Waals surface area contributed by atoms with Gasteiger partial charge in [0, 0.05) is 12.3 Å². The van der Waals surface area contributed by atoms with E-state index in [1.54, 1.807) is 6.92 Å². The van der Waals surface area contributed by atoms with Gasteiger partial charge in [-0.05, 0) is 13.3 Å². The van der Waals surface area contributed by atoms with E-state index >= 15 is 0 Å². The highest BCUT2D eigenvalue weighted by atomic mass is 35.5. The number of hydrogen-bond donors (Lipinski definition) is 1. The Morgan fingerprint density at radius 2 is 2.21 bits per heavy atom.